The zero-order valence-corrected chi connectivity index (χ0v) is 13.2. The van der Waals surface area contributed by atoms with Crippen molar-refractivity contribution in [3.63, 3.8) is 0 Å². The lowest BCUT2D eigenvalue weighted by Crippen LogP contribution is -2.03. The van der Waals surface area contributed by atoms with Crippen LogP contribution in [0.5, 0.6) is 0 Å². The van der Waals surface area contributed by atoms with Gasteiger partial charge in [0.2, 0.25) is 0 Å². The number of unbranched alkanes of at least 4 members (excludes halogenated alkanes) is 4. The average Bonchev–Trinajstić information content (AvgIpc) is 2.48. The van der Waals surface area contributed by atoms with Crippen LogP contribution >= 0.6 is 0 Å². The van der Waals surface area contributed by atoms with Crippen molar-refractivity contribution < 1.29 is 4.39 Å². The summed E-state index contributed by atoms with van der Waals surface area (Å²) in [7, 11) is 0. The number of fused-ring (bicyclic) bond motifs is 1. The van der Waals surface area contributed by atoms with Crippen molar-refractivity contribution in [3.05, 3.63) is 35.4 Å². The van der Waals surface area contributed by atoms with Gasteiger partial charge in [-0.3, -0.25) is 0 Å². The van der Waals surface area contributed by atoms with E-state index in [4.69, 9.17) is 4.98 Å². The topological polar surface area (TPSA) is 25.8 Å². The van der Waals surface area contributed by atoms with Crippen LogP contribution in [-0.4, -0.2) is 9.97 Å². The highest BCUT2D eigenvalue weighted by Gasteiger charge is 2.09. The predicted octanol–water partition coefficient (Wildman–Crippen LogP) is 5.23. The van der Waals surface area contributed by atoms with E-state index in [9.17, 15) is 4.39 Å². The molecule has 2 aromatic rings. The third-order valence-electron chi connectivity index (χ3n) is 3.82. The van der Waals surface area contributed by atoms with E-state index < -0.39 is 0 Å². The Balaban J connectivity index is 2.27. The summed E-state index contributed by atoms with van der Waals surface area (Å²) in [5.41, 5.74) is 3.67. The molecule has 0 saturated heterocycles. The molecule has 0 bridgehead atoms. The van der Waals surface area contributed by atoms with Crippen LogP contribution in [0.2, 0.25) is 0 Å². The summed E-state index contributed by atoms with van der Waals surface area (Å²) < 4.78 is 13.4. The second-order valence-electron chi connectivity index (χ2n) is 5.66. The van der Waals surface area contributed by atoms with Gasteiger partial charge in [0, 0.05) is 6.07 Å². The third kappa shape index (κ3) is 4.48. The molecule has 2 rings (SSSR count). The fraction of sp³-hybridized carbons (Fsp3) is 0.556. The summed E-state index contributed by atoms with van der Waals surface area (Å²) in [6, 6.07) is 4.68. The lowest BCUT2D eigenvalue weighted by atomic mass is 10.1. The van der Waals surface area contributed by atoms with Crippen LogP contribution in [0.3, 0.4) is 0 Å². The predicted molar refractivity (Wildman–Crippen MR) is 86.0 cm³/mol. The number of halogens is 1. The first kappa shape index (κ1) is 15.9. The number of hydrogen-bond acceptors (Lipinski definition) is 2. The summed E-state index contributed by atoms with van der Waals surface area (Å²) in [6.45, 7) is 4.40. The Labute approximate surface area is 126 Å². The van der Waals surface area contributed by atoms with Gasteiger partial charge in [-0.2, -0.15) is 0 Å². The van der Waals surface area contributed by atoms with Crippen LogP contribution in [0.4, 0.5) is 4.39 Å². The summed E-state index contributed by atoms with van der Waals surface area (Å²) in [6.07, 6.45) is 9.04. The quantitative estimate of drug-likeness (QED) is 0.621. The Kier molecular flexibility index (Phi) is 6.09. The zero-order chi connectivity index (χ0) is 15.1. The average molecular weight is 288 g/mol. The molecule has 0 aliphatic rings. The van der Waals surface area contributed by atoms with Crippen LogP contribution in [-0.2, 0) is 12.8 Å². The van der Waals surface area contributed by atoms with Crippen LogP contribution in [0.1, 0.15) is 63.8 Å². The third-order valence-corrected chi connectivity index (χ3v) is 3.82. The number of rotatable bonds is 8. The Morgan fingerprint density at radius 1 is 0.810 bits per heavy atom. The fourth-order valence-electron chi connectivity index (χ4n) is 2.59. The minimum atomic E-state index is -0.241. The van der Waals surface area contributed by atoms with Crippen molar-refractivity contribution in [2.24, 2.45) is 0 Å². The van der Waals surface area contributed by atoms with Gasteiger partial charge in [-0.1, -0.05) is 39.5 Å². The molecular weight excluding hydrogens is 263 g/mol. The number of aromatic nitrogens is 2. The molecule has 21 heavy (non-hydrogen) atoms. The molecule has 1 aromatic heterocycles. The monoisotopic (exact) mass is 288 g/mol. The van der Waals surface area contributed by atoms with Crippen LogP contribution in [0, 0.1) is 5.82 Å². The largest absolute Gasteiger partial charge is 0.249 e. The molecule has 0 radical (unpaired) electrons. The van der Waals surface area contributed by atoms with Crippen LogP contribution in [0.25, 0.3) is 11.0 Å². The molecule has 3 heteroatoms. The summed E-state index contributed by atoms with van der Waals surface area (Å²) in [4.78, 5) is 9.42. The van der Waals surface area contributed by atoms with Crippen molar-refractivity contribution in [2.75, 3.05) is 0 Å². The highest BCUT2D eigenvalue weighted by molar-refractivity contribution is 5.74. The van der Waals surface area contributed by atoms with Gasteiger partial charge in [-0.15, -0.1) is 0 Å². The molecule has 1 heterocycles. The van der Waals surface area contributed by atoms with E-state index in [0.29, 0.717) is 5.52 Å². The standard InChI is InChI=1S/C18H25FN2/c1-3-5-7-9-15-16(10-8-6-4-2)21-18-13-14(19)11-12-17(18)20-15/h11-13H,3-10H2,1-2H3. The van der Waals surface area contributed by atoms with Gasteiger partial charge in [0.15, 0.2) is 0 Å². The first-order chi connectivity index (χ1) is 10.2. The van der Waals surface area contributed by atoms with Gasteiger partial charge in [0.25, 0.3) is 0 Å². The lowest BCUT2D eigenvalue weighted by molar-refractivity contribution is 0.628. The molecular formula is C18H25FN2. The number of aryl methyl sites for hydroxylation is 2. The van der Waals surface area contributed by atoms with Gasteiger partial charge in [-0.25, -0.2) is 14.4 Å². The molecule has 2 nitrogen and oxygen atoms in total. The van der Waals surface area contributed by atoms with Crippen LogP contribution < -0.4 is 0 Å². The molecule has 0 unspecified atom stereocenters. The lowest BCUT2D eigenvalue weighted by Gasteiger charge is -2.10. The summed E-state index contributed by atoms with van der Waals surface area (Å²) >= 11 is 0. The Bertz CT molecular complexity index is 581. The number of hydrogen-bond donors (Lipinski definition) is 0. The van der Waals surface area contributed by atoms with E-state index in [1.807, 2.05) is 0 Å². The molecule has 0 amide bonds. The first-order valence-electron chi connectivity index (χ1n) is 8.19. The van der Waals surface area contributed by atoms with Gasteiger partial charge < -0.3 is 0 Å². The minimum absolute atomic E-state index is 0.241. The van der Waals surface area contributed by atoms with Gasteiger partial charge in [-0.05, 0) is 37.8 Å². The van der Waals surface area contributed by atoms with E-state index >= 15 is 0 Å². The van der Waals surface area contributed by atoms with Crippen molar-refractivity contribution in [3.8, 4) is 0 Å². The second kappa shape index (κ2) is 8.06. The molecule has 0 fully saturated rings. The van der Waals surface area contributed by atoms with E-state index in [1.54, 1.807) is 6.07 Å². The van der Waals surface area contributed by atoms with E-state index in [0.717, 1.165) is 42.6 Å². The van der Waals surface area contributed by atoms with Gasteiger partial charge in [0.05, 0.1) is 22.4 Å². The maximum Gasteiger partial charge on any atom is 0.125 e. The van der Waals surface area contributed by atoms with Crippen molar-refractivity contribution in [1.82, 2.24) is 9.97 Å². The molecule has 0 aliphatic carbocycles. The summed E-state index contributed by atoms with van der Waals surface area (Å²) in [5.74, 6) is -0.241. The Morgan fingerprint density at radius 3 is 1.95 bits per heavy atom. The highest BCUT2D eigenvalue weighted by atomic mass is 19.1. The van der Waals surface area contributed by atoms with Crippen LogP contribution in [0.15, 0.2) is 18.2 Å². The van der Waals surface area contributed by atoms with Crippen molar-refractivity contribution in [1.29, 1.82) is 0 Å². The van der Waals surface area contributed by atoms with Crippen molar-refractivity contribution in [2.45, 2.75) is 65.2 Å². The fourth-order valence-corrected chi connectivity index (χ4v) is 2.59. The SMILES string of the molecule is CCCCCc1nc2ccc(F)cc2nc1CCCCC. The van der Waals surface area contributed by atoms with E-state index in [-0.39, 0.29) is 5.82 Å². The zero-order valence-electron chi connectivity index (χ0n) is 13.2. The van der Waals surface area contributed by atoms with E-state index in [2.05, 4.69) is 18.8 Å². The molecule has 0 saturated carbocycles. The molecule has 1 aromatic carbocycles. The molecule has 0 aliphatic heterocycles. The maximum absolute atomic E-state index is 13.4. The molecule has 0 N–H and O–H groups in total. The maximum atomic E-state index is 13.4. The molecule has 114 valence electrons. The van der Waals surface area contributed by atoms with Crippen molar-refractivity contribution >= 4 is 11.0 Å². The first-order valence-corrected chi connectivity index (χ1v) is 8.19. The molecule has 0 spiro atoms. The van der Waals surface area contributed by atoms with Gasteiger partial charge >= 0.3 is 0 Å². The number of nitrogens with zero attached hydrogens (tertiary/aromatic N) is 2. The second-order valence-corrected chi connectivity index (χ2v) is 5.66. The highest BCUT2D eigenvalue weighted by Crippen LogP contribution is 2.18. The number of benzene rings is 1. The van der Waals surface area contributed by atoms with E-state index in [1.165, 1.54) is 37.8 Å². The smallest absolute Gasteiger partial charge is 0.125 e. The minimum Gasteiger partial charge on any atom is -0.249 e. The Hall–Kier alpha value is -1.51. The normalized spacial score (nSPS) is 11.2. The van der Waals surface area contributed by atoms with Gasteiger partial charge in [0.1, 0.15) is 5.82 Å². The molecule has 0 atom stereocenters. The summed E-state index contributed by atoms with van der Waals surface area (Å²) in [5, 5.41) is 0. The Morgan fingerprint density at radius 2 is 1.38 bits per heavy atom.